The van der Waals surface area contributed by atoms with Crippen molar-refractivity contribution in [2.45, 2.75) is 57.4 Å². The standard InChI is InChI=1S/C27H27ClN4O6S/c1-14-6-19(16(3)37-21-4-5-22(28)31-26(21)39(29,34)35)25-20(7-14)23(33)15(2)24(38-25)17-10-30-32(11-17)12-27-8-18(9-27)36-13-27/h4-7,10-11,16,18H,8-9,12-13H2,1-3H3,(H2,29,34,35). The van der Waals surface area contributed by atoms with Gasteiger partial charge in [0.05, 0.1) is 29.9 Å². The fourth-order valence-corrected chi connectivity index (χ4v) is 6.44. The molecule has 204 valence electrons. The molecule has 0 radical (unpaired) electrons. The third kappa shape index (κ3) is 4.63. The lowest BCUT2D eigenvalue weighted by atomic mass is 9.70. The molecule has 3 aromatic heterocycles. The molecule has 1 saturated carbocycles. The second-order valence-corrected chi connectivity index (χ2v) is 12.5. The highest BCUT2D eigenvalue weighted by molar-refractivity contribution is 7.89. The lowest BCUT2D eigenvalue weighted by Gasteiger charge is -2.34. The fourth-order valence-electron chi connectivity index (χ4n) is 5.62. The summed E-state index contributed by atoms with van der Waals surface area (Å²) in [6, 6.07) is 6.41. The van der Waals surface area contributed by atoms with Gasteiger partial charge in [0, 0.05) is 29.3 Å². The van der Waals surface area contributed by atoms with Crippen LogP contribution in [0.15, 0.2) is 50.9 Å². The summed E-state index contributed by atoms with van der Waals surface area (Å²) in [6.45, 7) is 6.81. The second-order valence-electron chi connectivity index (χ2n) is 10.6. The van der Waals surface area contributed by atoms with Gasteiger partial charge in [-0.2, -0.15) is 5.10 Å². The van der Waals surface area contributed by atoms with Crippen LogP contribution in [0, 0.1) is 19.3 Å². The summed E-state index contributed by atoms with van der Waals surface area (Å²) in [5, 5.41) is 9.75. The Morgan fingerprint density at radius 2 is 2.05 bits per heavy atom. The van der Waals surface area contributed by atoms with Crippen molar-refractivity contribution in [3.63, 3.8) is 0 Å². The molecule has 2 aliphatic heterocycles. The van der Waals surface area contributed by atoms with E-state index in [0.29, 0.717) is 39.5 Å². The fraction of sp³-hybridized carbons (Fsp3) is 0.370. The van der Waals surface area contributed by atoms with Crippen LogP contribution in [0.1, 0.15) is 42.6 Å². The lowest BCUT2D eigenvalue weighted by Crippen LogP contribution is -2.36. The number of sulfonamides is 1. The van der Waals surface area contributed by atoms with Crippen LogP contribution in [0.2, 0.25) is 5.15 Å². The highest BCUT2D eigenvalue weighted by atomic mass is 35.5. The number of ether oxygens (including phenoxy) is 2. The van der Waals surface area contributed by atoms with Gasteiger partial charge in [-0.25, -0.2) is 18.5 Å². The van der Waals surface area contributed by atoms with Gasteiger partial charge in [-0.15, -0.1) is 0 Å². The Hall–Kier alpha value is -3.25. The summed E-state index contributed by atoms with van der Waals surface area (Å²) in [6.07, 6.45) is 5.32. The van der Waals surface area contributed by atoms with Crippen molar-refractivity contribution in [2.24, 2.45) is 10.6 Å². The van der Waals surface area contributed by atoms with Gasteiger partial charge in [0.15, 0.2) is 11.2 Å². The molecule has 10 nitrogen and oxygen atoms in total. The van der Waals surface area contributed by atoms with E-state index in [0.717, 1.165) is 31.6 Å². The molecule has 3 aliphatic rings. The van der Waals surface area contributed by atoms with Crippen LogP contribution < -0.4 is 15.3 Å². The first-order valence-corrected chi connectivity index (χ1v) is 14.4. The summed E-state index contributed by atoms with van der Waals surface area (Å²) in [5.74, 6) is 0.356. The van der Waals surface area contributed by atoms with Crippen LogP contribution in [0.25, 0.3) is 22.3 Å². The minimum atomic E-state index is -4.21. The maximum absolute atomic E-state index is 13.5. The van der Waals surface area contributed by atoms with Crippen LogP contribution in [0.3, 0.4) is 0 Å². The summed E-state index contributed by atoms with van der Waals surface area (Å²) in [7, 11) is -4.21. The quantitative estimate of drug-likeness (QED) is 0.325. The first-order chi connectivity index (χ1) is 18.4. The van der Waals surface area contributed by atoms with E-state index in [1.165, 1.54) is 12.1 Å². The number of fused-ring (bicyclic) bond motifs is 2. The number of aryl methyl sites for hydroxylation is 1. The number of primary sulfonamides is 1. The topological polar surface area (TPSA) is 140 Å². The monoisotopic (exact) mass is 570 g/mol. The number of benzene rings is 1. The molecule has 7 rings (SSSR count). The van der Waals surface area contributed by atoms with Crippen molar-refractivity contribution in [1.82, 2.24) is 14.8 Å². The average molecular weight is 571 g/mol. The molecule has 5 heterocycles. The number of rotatable bonds is 7. The predicted octanol–water partition coefficient (Wildman–Crippen LogP) is 4.29. The van der Waals surface area contributed by atoms with Crippen molar-refractivity contribution < 1.29 is 22.3 Å². The van der Waals surface area contributed by atoms with E-state index in [1.54, 1.807) is 26.1 Å². The first kappa shape index (κ1) is 26.0. The Morgan fingerprint density at radius 1 is 1.28 bits per heavy atom. The average Bonchev–Trinajstić information content (AvgIpc) is 3.58. The third-order valence-corrected chi connectivity index (χ3v) is 8.58. The normalized spacial score (nSPS) is 21.2. The van der Waals surface area contributed by atoms with E-state index < -0.39 is 21.2 Å². The Labute approximate surface area is 229 Å². The Bertz CT molecular complexity index is 1790. The van der Waals surface area contributed by atoms with Gasteiger partial charge in [0.1, 0.15) is 22.6 Å². The summed E-state index contributed by atoms with van der Waals surface area (Å²) in [5.41, 5.74) is 2.85. The molecule has 1 atom stereocenters. The van der Waals surface area contributed by atoms with Crippen molar-refractivity contribution in [3.8, 4) is 17.1 Å². The molecule has 39 heavy (non-hydrogen) atoms. The minimum absolute atomic E-state index is 0.0381. The highest BCUT2D eigenvalue weighted by Crippen LogP contribution is 2.51. The predicted molar refractivity (Wildman–Crippen MR) is 144 cm³/mol. The smallest absolute Gasteiger partial charge is 0.259 e. The molecule has 2 saturated heterocycles. The number of nitrogens with two attached hydrogens (primary N) is 1. The Kier molecular flexibility index (Phi) is 6.10. The Balaban J connectivity index is 1.40. The molecular weight excluding hydrogens is 544 g/mol. The molecule has 12 heteroatoms. The number of aromatic nitrogens is 3. The SMILES string of the molecule is Cc1cc(C(C)Oc2ccc(Cl)nc2S(N)(=O)=O)c2oc(-c3cnn(CC45COC(C4)C5)c3)c(C)c(=O)c2c1. The van der Waals surface area contributed by atoms with Crippen molar-refractivity contribution >= 4 is 32.6 Å². The van der Waals surface area contributed by atoms with Gasteiger partial charge in [0.2, 0.25) is 5.03 Å². The zero-order valence-corrected chi connectivity index (χ0v) is 23.2. The second kappa shape index (κ2) is 9.16. The molecule has 1 aromatic carbocycles. The number of hydrogen-bond acceptors (Lipinski definition) is 8. The maximum Gasteiger partial charge on any atom is 0.259 e. The van der Waals surface area contributed by atoms with E-state index >= 15 is 0 Å². The van der Waals surface area contributed by atoms with E-state index in [1.807, 2.05) is 23.9 Å². The highest BCUT2D eigenvalue weighted by Gasteiger charge is 2.52. The van der Waals surface area contributed by atoms with Gasteiger partial charge in [-0.3, -0.25) is 9.48 Å². The molecule has 3 fully saturated rings. The van der Waals surface area contributed by atoms with E-state index in [-0.39, 0.29) is 21.7 Å². The largest absolute Gasteiger partial charge is 0.483 e. The third-order valence-electron chi connectivity index (χ3n) is 7.53. The number of nitrogens with zero attached hydrogens (tertiary/aromatic N) is 3. The van der Waals surface area contributed by atoms with Gasteiger partial charge in [0.25, 0.3) is 10.0 Å². The molecule has 0 amide bonds. The first-order valence-electron chi connectivity index (χ1n) is 12.5. The van der Waals surface area contributed by atoms with E-state index in [2.05, 4.69) is 10.1 Å². The summed E-state index contributed by atoms with van der Waals surface area (Å²) in [4.78, 5) is 17.3. The van der Waals surface area contributed by atoms with Gasteiger partial charge in [-0.05, 0) is 63.4 Å². The van der Waals surface area contributed by atoms with Crippen molar-refractivity contribution in [2.75, 3.05) is 6.61 Å². The van der Waals surface area contributed by atoms with Crippen molar-refractivity contribution in [3.05, 3.63) is 68.7 Å². The zero-order valence-electron chi connectivity index (χ0n) is 21.6. The van der Waals surface area contributed by atoms with Gasteiger partial charge >= 0.3 is 0 Å². The number of pyridine rings is 1. The van der Waals surface area contributed by atoms with Crippen LogP contribution in [0.4, 0.5) is 0 Å². The lowest BCUT2D eigenvalue weighted by molar-refractivity contribution is 0.104. The maximum atomic E-state index is 13.5. The minimum Gasteiger partial charge on any atom is -0.483 e. The van der Waals surface area contributed by atoms with Crippen LogP contribution >= 0.6 is 11.6 Å². The van der Waals surface area contributed by atoms with Crippen LogP contribution in [0.5, 0.6) is 5.75 Å². The number of hydrogen-bond donors (Lipinski definition) is 1. The zero-order chi connectivity index (χ0) is 27.7. The van der Waals surface area contributed by atoms with Crippen LogP contribution in [-0.4, -0.2) is 35.9 Å². The van der Waals surface area contributed by atoms with E-state index in [4.69, 9.17) is 30.6 Å². The molecule has 1 unspecified atom stereocenters. The molecule has 1 aliphatic carbocycles. The molecule has 2 N–H and O–H groups in total. The van der Waals surface area contributed by atoms with Crippen molar-refractivity contribution in [1.29, 1.82) is 0 Å². The molecule has 0 spiro atoms. The van der Waals surface area contributed by atoms with Crippen LogP contribution in [-0.2, 0) is 21.3 Å². The molecular formula is C27H27ClN4O6S. The van der Waals surface area contributed by atoms with Gasteiger partial charge in [-0.1, -0.05) is 11.6 Å². The number of halogens is 1. The summed E-state index contributed by atoms with van der Waals surface area (Å²) < 4.78 is 44.3. The molecule has 4 aromatic rings. The summed E-state index contributed by atoms with van der Waals surface area (Å²) >= 11 is 5.89. The van der Waals surface area contributed by atoms with E-state index in [9.17, 15) is 13.2 Å². The Morgan fingerprint density at radius 3 is 2.74 bits per heavy atom. The van der Waals surface area contributed by atoms with Gasteiger partial charge < -0.3 is 13.9 Å². The molecule has 2 bridgehead atoms.